The van der Waals surface area contributed by atoms with Gasteiger partial charge in [-0.2, -0.15) is 4.98 Å². The molecule has 1 spiro atoms. The standard InChI is InChI=1S/C18H26N4O3/c1-24-15-3-8-19-17(20-15)21-9-2-6-18(13-21)7-10-22(16(18)23)14-4-11-25-12-5-14/h3,8,14H,2,4-7,9-13H2,1H3/t18-/m0/s1. The monoisotopic (exact) mass is 346 g/mol. The van der Waals surface area contributed by atoms with Gasteiger partial charge in [0, 0.05) is 51.2 Å². The molecular formula is C18H26N4O3. The number of nitrogens with zero attached hydrogens (tertiary/aromatic N) is 4. The number of aromatic nitrogens is 2. The predicted octanol–water partition coefficient (Wildman–Crippen LogP) is 1.48. The molecule has 0 saturated carbocycles. The Morgan fingerprint density at radius 2 is 2.12 bits per heavy atom. The number of carbonyl (C=O) groups excluding carboxylic acids is 1. The summed E-state index contributed by atoms with van der Waals surface area (Å²) in [5.41, 5.74) is -0.275. The highest BCUT2D eigenvalue weighted by molar-refractivity contribution is 5.86. The van der Waals surface area contributed by atoms with Crippen LogP contribution in [0.4, 0.5) is 5.95 Å². The summed E-state index contributed by atoms with van der Waals surface area (Å²) in [6.45, 7) is 4.00. The third-order valence-corrected chi connectivity index (χ3v) is 5.86. The minimum absolute atomic E-state index is 0.275. The lowest BCUT2D eigenvalue weighted by Crippen LogP contribution is -2.50. The van der Waals surface area contributed by atoms with E-state index in [1.54, 1.807) is 19.4 Å². The van der Waals surface area contributed by atoms with Gasteiger partial charge in [0.05, 0.1) is 12.5 Å². The fourth-order valence-corrected chi connectivity index (χ4v) is 4.47. The van der Waals surface area contributed by atoms with Crippen molar-refractivity contribution in [3.63, 3.8) is 0 Å². The van der Waals surface area contributed by atoms with E-state index in [0.29, 0.717) is 30.3 Å². The minimum Gasteiger partial charge on any atom is -0.481 e. The van der Waals surface area contributed by atoms with E-state index in [1.807, 2.05) is 0 Å². The molecule has 0 aromatic carbocycles. The second-order valence-corrected chi connectivity index (χ2v) is 7.30. The highest BCUT2D eigenvalue weighted by Crippen LogP contribution is 2.42. The summed E-state index contributed by atoms with van der Waals surface area (Å²) >= 11 is 0. The van der Waals surface area contributed by atoms with Crippen molar-refractivity contribution in [1.82, 2.24) is 14.9 Å². The highest BCUT2D eigenvalue weighted by Gasteiger charge is 2.50. The van der Waals surface area contributed by atoms with Crippen molar-refractivity contribution in [2.75, 3.05) is 44.9 Å². The largest absolute Gasteiger partial charge is 0.481 e. The molecule has 7 heteroatoms. The number of piperidine rings is 1. The maximum absolute atomic E-state index is 13.3. The zero-order valence-corrected chi connectivity index (χ0v) is 14.8. The molecule has 1 amide bonds. The molecule has 3 fully saturated rings. The van der Waals surface area contributed by atoms with Gasteiger partial charge in [-0.15, -0.1) is 0 Å². The number of amides is 1. The van der Waals surface area contributed by atoms with Crippen LogP contribution in [0, 0.1) is 5.41 Å². The molecule has 4 heterocycles. The van der Waals surface area contributed by atoms with Gasteiger partial charge in [0.1, 0.15) is 0 Å². The van der Waals surface area contributed by atoms with Gasteiger partial charge >= 0.3 is 0 Å². The topological polar surface area (TPSA) is 67.8 Å². The van der Waals surface area contributed by atoms with E-state index in [0.717, 1.165) is 58.4 Å². The first-order chi connectivity index (χ1) is 12.2. The van der Waals surface area contributed by atoms with Crippen molar-refractivity contribution >= 4 is 11.9 Å². The zero-order chi connectivity index (χ0) is 17.3. The molecule has 1 aromatic rings. The SMILES string of the molecule is COc1ccnc(N2CCC[C@]3(CCN(C4CCOCC4)C3=O)C2)n1. The smallest absolute Gasteiger partial charge is 0.230 e. The molecule has 3 saturated heterocycles. The molecule has 3 aliphatic heterocycles. The maximum atomic E-state index is 13.3. The Hall–Kier alpha value is -1.89. The zero-order valence-electron chi connectivity index (χ0n) is 14.8. The molecular weight excluding hydrogens is 320 g/mol. The van der Waals surface area contributed by atoms with E-state index in [9.17, 15) is 4.79 Å². The average Bonchev–Trinajstić information content (AvgIpc) is 2.98. The molecule has 4 rings (SSSR count). The normalized spacial score (nSPS) is 28.0. The molecule has 136 valence electrons. The van der Waals surface area contributed by atoms with E-state index < -0.39 is 0 Å². The maximum Gasteiger partial charge on any atom is 0.230 e. The summed E-state index contributed by atoms with van der Waals surface area (Å²) in [5, 5.41) is 0. The van der Waals surface area contributed by atoms with Crippen LogP contribution in [0.25, 0.3) is 0 Å². The molecule has 3 aliphatic rings. The first kappa shape index (κ1) is 16.6. The average molecular weight is 346 g/mol. The summed E-state index contributed by atoms with van der Waals surface area (Å²) in [6, 6.07) is 2.10. The molecule has 25 heavy (non-hydrogen) atoms. The Balaban J connectivity index is 1.51. The summed E-state index contributed by atoms with van der Waals surface area (Å²) in [6.07, 6.45) is 6.53. The third-order valence-electron chi connectivity index (χ3n) is 5.86. The van der Waals surface area contributed by atoms with E-state index in [-0.39, 0.29) is 5.41 Å². The van der Waals surface area contributed by atoms with Gasteiger partial charge in [0.15, 0.2) is 0 Å². The Morgan fingerprint density at radius 3 is 2.92 bits per heavy atom. The van der Waals surface area contributed by atoms with Crippen LogP contribution in [0.5, 0.6) is 5.88 Å². The van der Waals surface area contributed by atoms with Gasteiger partial charge in [0.2, 0.25) is 17.7 Å². The van der Waals surface area contributed by atoms with Crippen LogP contribution in [0.2, 0.25) is 0 Å². The number of likely N-dealkylation sites (tertiary alicyclic amines) is 1. The lowest BCUT2D eigenvalue weighted by molar-refractivity contribution is -0.139. The van der Waals surface area contributed by atoms with Crippen molar-refractivity contribution in [2.45, 2.75) is 38.1 Å². The minimum atomic E-state index is -0.275. The number of anilines is 1. The number of carbonyl (C=O) groups is 1. The Kier molecular flexibility index (Phi) is 4.50. The number of methoxy groups -OCH3 is 1. The van der Waals surface area contributed by atoms with Crippen molar-refractivity contribution in [1.29, 1.82) is 0 Å². The van der Waals surface area contributed by atoms with Crippen molar-refractivity contribution in [3.05, 3.63) is 12.3 Å². The summed E-state index contributed by atoms with van der Waals surface area (Å²) < 4.78 is 10.7. The van der Waals surface area contributed by atoms with Gasteiger partial charge in [-0.1, -0.05) is 0 Å². The van der Waals surface area contributed by atoms with Gasteiger partial charge in [-0.05, 0) is 32.1 Å². The van der Waals surface area contributed by atoms with Crippen LogP contribution >= 0.6 is 0 Å². The molecule has 1 atom stereocenters. The molecule has 0 N–H and O–H groups in total. The van der Waals surface area contributed by atoms with E-state index in [2.05, 4.69) is 19.8 Å². The number of rotatable bonds is 3. The van der Waals surface area contributed by atoms with Crippen molar-refractivity contribution < 1.29 is 14.3 Å². The summed E-state index contributed by atoms with van der Waals surface area (Å²) in [4.78, 5) is 26.4. The van der Waals surface area contributed by atoms with E-state index >= 15 is 0 Å². The van der Waals surface area contributed by atoms with Crippen LogP contribution in [-0.4, -0.2) is 66.8 Å². The number of hydrogen-bond acceptors (Lipinski definition) is 6. The van der Waals surface area contributed by atoms with Crippen molar-refractivity contribution in [2.24, 2.45) is 5.41 Å². The second-order valence-electron chi connectivity index (χ2n) is 7.30. The van der Waals surface area contributed by atoms with Gasteiger partial charge < -0.3 is 19.3 Å². The molecule has 0 radical (unpaired) electrons. The summed E-state index contributed by atoms with van der Waals surface area (Å²) in [7, 11) is 1.61. The predicted molar refractivity (Wildman–Crippen MR) is 92.6 cm³/mol. The van der Waals surface area contributed by atoms with E-state index in [1.165, 1.54) is 0 Å². The number of hydrogen-bond donors (Lipinski definition) is 0. The van der Waals surface area contributed by atoms with Gasteiger partial charge in [-0.3, -0.25) is 4.79 Å². The van der Waals surface area contributed by atoms with Crippen molar-refractivity contribution in [3.8, 4) is 5.88 Å². The summed E-state index contributed by atoms with van der Waals surface area (Å²) in [5.74, 6) is 1.55. The van der Waals surface area contributed by atoms with Crippen LogP contribution < -0.4 is 9.64 Å². The lowest BCUT2D eigenvalue weighted by Gasteiger charge is -2.40. The molecule has 0 unspecified atom stereocenters. The molecule has 0 aliphatic carbocycles. The van der Waals surface area contributed by atoms with Gasteiger partial charge in [-0.25, -0.2) is 4.98 Å². The number of ether oxygens (including phenoxy) is 2. The quantitative estimate of drug-likeness (QED) is 0.826. The Labute approximate surface area is 148 Å². The van der Waals surface area contributed by atoms with Crippen LogP contribution in [0.15, 0.2) is 12.3 Å². The Bertz CT molecular complexity index is 635. The first-order valence-electron chi connectivity index (χ1n) is 9.23. The second kappa shape index (κ2) is 6.78. The van der Waals surface area contributed by atoms with Crippen LogP contribution in [0.1, 0.15) is 32.1 Å². The Morgan fingerprint density at radius 1 is 1.28 bits per heavy atom. The highest BCUT2D eigenvalue weighted by atomic mass is 16.5. The fourth-order valence-electron chi connectivity index (χ4n) is 4.47. The molecule has 1 aromatic heterocycles. The lowest BCUT2D eigenvalue weighted by atomic mass is 9.78. The van der Waals surface area contributed by atoms with Gasteiger partial charge in [0.25, 0.3) is 0 Å². The van der Waals surface area contributed by atoms with Crippen LogP contribution in [-0.2, 0) is 9.53 Å². The van der Waals surface area contributed by atoms with E-state index in [4.69, 9.17) is 9.47 Å². The molecule has 0 bridgehead atoms. The van der Waals surface area contributed by atoms with Crippen LogP contribution in [0.3, 0.4) is 0 Å². The molecule has 7 nitrogen and oxygen atoms in total. The fraction of sp³-hybridized carbons (Fsp3) is 0.722. The third kappa shape index (κ3) is 3.05. The first-order valence-corrected chi connectivity index (χ1v) is 9.23.